The van der Waals surface area contributed by atoms with E-state index in [1.807, 2.05) is 0 Å². The molecule has 7 nitrogen and oxygen atoms in total. The lowest BCUT2D eigenvalue weighted by Crippen LogP contribution is -2.73. The van der Waals surface area contributed by atoms with Crippen molar-refractivity contribution < 1.29 is 34.4 Å². The van der Waals surface area contributed by atoms with Crippen LogP contribution < -0.4 is 0 Å². The van der Waals surface area contributed by atoms with Gasteiger partial charge in [-0.25, -0.2) is 0 Å². The lowest BCUT2D eigenvalue weighted by atomic mass is 9.69. The topological polar surface area (TPSA) is 121 Å². The molecule has 1 rings (SSSR count). The highest BCUT2D eigenvalue weighted by Gasteiger charge is 2.65. The summed E-state index contributed by atoms with van der Waals surface area (Å²) in [5, 5.41) is 30.0. The number of hydrogen-bond donors (Lipinski definition) is 3. The molecule has 0 bridgehead atoms. The molecule has 1 aliphatic rings. The van der Waals surface area contributed by atoms with Crippen LogP contribution in [-0.2, 0) is 19.1 Å². The standard InChI is InChI=1S/C12H18O7/c1-6(13)9(16)10-12(18,8(3)15)11(17,7(2)14)4-5-19-10/h6,10,13,17-18H,4-5H2,1-3H3/t6?,10-,11+,12-/m1/s1. The average molecular weight is 274 g/mol. The van der Waals surface area contributed by atoms with Crippen molar-refractivity contribution >= 4 is 17.3 Å². The van der Waals surface area contributed by atoms with Crippen LogP contribution in [0.3, 0.4) is 0 Å². The van der Waals surface area contributed by atoms with E-state index in [1.54, 1.807) is 0 Å². The zero-order chi connectivity index (χ0) is 15.0. The van der Waals surface area contributed by atoms with Gasteiger partial charge in [0.1, 0.15) is 6.10 Å². The second-order valence-electron chi connectivity index (χ2n) is 4.82. The summed E-state index contributed by atoms with van der Waals surface area (Å²) in [7, 11) is 0. The third-order valence-corrected chi connectivity index (χ3v) is 3.55. The van der Waals surface area contributed by atoms with E-state index in [2.05, 4.69) is 0 Å². The van der Waals surface area contributed by atoms with Crippen molar-refractivity contribution in [2.45, 2.75) is 50.6 Å². The second-order valence-corrected chi connectivity index (χ2v) is 4.82. The van der Waals surface area contributed by atoms with Gasteiger partial charge in [-0.1, -0.05) is 0 Å². The third kappa shape index (κ3) is 2.23. The van der Waals surface area contributed by atoms with Crippen LogP contribution in [0.5, 0.6) is 0 Å². The molecule has 1 aliphatic heterocycles. The molecule has 0 aliphatic carbocycles. The number of ketones is 3. The smallest absolute Gasteiger partial charge is 0.193 e. The van der Waals surface area contributed by atoms with Gasteiger partial charge in [-0.05, 0) is 20.8 Å². The fourth-order valence-corrected chi connectivity index (χ4v) is 2.28. The van der Waals surface area contributed by atoms with Gasteiger partial charge in [0.2, 0.25) is 0 Å². The predicted octanol–water partition coefficient (Wildman–Crippen LogP) is -1.63. The molecule has 19 heavy (non-hydrogen) atoms. The summed E-state index contributed by atoms with van der Waals surface area (Å²) < 4.78 is 5.03. The van der Waals surface area contributed by atoms with Crippen LogP contribution in [0.1, 0.15) is 27.2 Å². The summed E-state index contributed by atoms with van der Waals surface area (Å²) in [5.41, 5.74) is -5.09. The van der Waals surface area contributed by atoms with Crippen molar-refractivity contribution in [1.82, 2.24) is 0 Å². The quantitative estimate of drug-likeness (QED) is 0.562. The number of hydrogen-bond acceptors (Lipinski definition) is 7. The van der Waals surface area contributed by atoms with Gasteiger partial charge in [-0.15, -0.1) is 0 Å². The number of aliphatic hydroxyl groups excluding tert-OH is 1. The van der Waals surface area contributed by atoms with Crippen LogP contribution >= 0.6 is 0 Å². The van der Waals surface area contributed by atoms with Gasteiger partial charge in [-0.3, -0.25) is 14.4 Å². The van der Waals surface area contributed by atoms with Crippen molar-refractivity contribution in [1.29, 1.82) is 0 Å². The first-order chi connectivity index (χ1) is 8.59. The first-order valence-electron chi connectivity index (χ1n) is 5.89. The lowest BCUT2D eigenvalue weighted by molar-refractivity contribution is -0.235. The molecule has 0 saturated carbocycles. The Morgan fingerprint density at radius 3 is 2.11 bits per heavy atom. The molecule has 7 heteroatoms. The zero-order valence-electron chi connectivity index (χ0n) is 11.0. The Kier molecular flexibility index (Phi) is 4.26. The van der Waals surface area contributed by atoms with E-state index in [0.717, 1.165) is 20.8 Å². The van der Waals surface area contributed by atoms with Gasteiger partial charge < -0.3 is 20.1 Å². The Bertz CT molecular complexity index is 416. The maximum atomic E-state index is 11.8. The fourth-order valence-electron chi connectivity index (χ4n) is 2.28. The van der Waals surface area contributed by atoms with E-state index < -0.39 is 40.8 Å². The van der Waals surface area contributed by atoms with E-state index in [4.69, 9.17) is 4.74 Å². The molecule has 1 fully saturated rings. The summed E-state index contributed by atoms with van der Waals surface area (Å²) in [5.74, 6) is -2.77. The predicted molar refractivity (Wildman–Crippen MR) is 62.3 cm³/mol. The molecule has 0 aromatic rings. The van der Waals surface area contributed by atoms with Crippen molar-refractivity contribution in [3.63, 3.8) is 0 Å². The van der Waals surface area contributed by atoms with Gasteiger partial charge >= 0.3 is 0 Å². The van der Waals surface area contributed by atoms with Crippen LogP contribution in [-0.4, -0.2) is 62.7 Å². The second kappa shape index (κ2) is 5.09. The molecule has 0 aromatic heterocycles. The minimum atomic E-state index is -2.69. The molecule has 4 atom stereocenters. The molecule has 0 radical (unpaired) electrons. The van der Waals surface area contributed by atoms with E-state index in [1.165, 1.54) is 0 Å². The fraction of sp³-hybridized carbons (Fsp3) is 0.750. The van der Waals surface area contributed by atoms with Gasteiger partial charge in [0.25, 0.3) is 0 Å². The number of aliphatic hydroxyl groups is 3. The summed E-state index contributed by atoms with van der Waals surface area (Å²) in [4.78, 5) is 35.1. The van der Waals surface area contributed by atoms with Crippen LogP contribution in [0.25, 0.3) is 0 Å². The zero-order valence-corrected chi connectivity index (χ0v) is 11.0. The van der Waals surface area contributed by atoms with Gasteiger partial charge in [0, 0.05) is 6.42 Å². The maximum Gasteiger partial charge on any atom is 0.193 e. The summed E-state index contributed by atoms with van der Waals surface area (Å²) in [6.07, 6.45) is -3.57. The Morgan fingerprint density at radius 2 is 1.74 bits per heavy atom. The van der Waals surface area contributed by atoms with Crippen LogP contribution in [0, 0.1) is 0 Å². The Morgan fingerprint density at radius 1 is 1.21 bits per heavy atom. The molecular formula is C12H18O7. The Labute approximate surface area is 110 Å². The highest BCUT2D eigenvalue weighted by molar-refractivity contribution is 6.03. The number of ether oxygens (including phenoxy) is 1. The first kappa shape index (κ1) is 15.9. The van der Waals surface area contributed by atoms with E-state index in [9.17, 15) is 29.7 Å². The van der Waals surface area contributed by atoms with Crippen molar-refractivity contribution in [3.05, 3.63) is 0 Å². The summed E-state index contributed by atoms with van der Waals surface area (Å²) in [6, 6.07) is 0. The third-order valence-electron chi connectivity index (χ3n) is 3.55. The number of Topliss-reactive ketones (excluding diaryl/α,β-unsaturated/α-hetero) is 3. The molecule has 0 aromatic carbocycles. The minimum absolute atomic E-state index is 0.186. The highest BCUT2D eigenvalue weighted by Crippen LogP contribution is 2.37. The molecule has 108 valence electrons. The molecule has 3 N–H and O–H groups in total. The van der Waals surface area contributed by atoms with Gasteiger partial charge in [0.05, 0.1) is 6.61 Å². The van der Waals surface area contributed by atoms with E-state index >= 15 is 0 Å². The average Bonchev–Trinajstić information content (AvgIpc) is 2.31. The number of carbonyl (C=O) groups is 3. The van der Waals surface area contributed by atoms with Crippen molar-refractivity contribution in [3.8, 4) is 0 Å². The van der Waals surface area contributed by atoms with Crippen molar-refractivity contribution in [2.24, 2.45) is 0 Å². The molecule has 0 spiro atoms. The summed E-state index contributed by atoms with van der Waals surface area (Å²) in [6.45, 7) is 2.93. The minimum Gasteiger partial charge on any atom is -0.386 e. The Balaban J connectivity index is 3.37. The summed E-state index contributed by atoms with van der Waals surface area (Å²) >= 11 is 0. The normalized spacial score (nSPS) is 36.6. The van der Waals surface area contributed by atoms with Crippen molar-refractivity contribution in [2.75, 3.05) is 6.61 Å². The SMILES string of the molecule is CC(=O)[C@@]1(O)[C@@H](C(=O)C(C)O)OCC[C@]1(O)C(C)=O. The molecule has 1 saturated heterocycles. The van der Waals surface area contributed by atoms with Gasteiger partial charge in [-0.2, -0.15) is 0 Å². The molecular weight excluding hydrogens is 256 g/mol. The first-order valence-corrected chi connectivity index (χ1v) is 5.89. The lowest BCUT2D eigenvalue weighted by Gasteiger charge is -2.47. The molecule has 1 heterocycles. The monoisotopic (exact) mass is 274 g/mol. The molecule has 1 unspecified atom stereocenters. The maximum absolute atomic E-state index is 11.8. The van der Waals surface area contributed by atoms with Crippen LogP contribution in [0.2, 0.25) is 0 Å². The highest BCUT2D eigenvalue weighted by atomic mass is 16.5. The number of carbonyl (C=O) groups excluding carboxylic acids is 3. The van der Waals surface area contributed by atoms with Gasteiger partial charge in [0.15, 0.2) is 34.7 Å². The van der Waals surface area contributed by atoms with E-state index in [-0.39, 0.29) is 13.0 Å². The van der Waals surface area contributed by atoms with Crippen LogP contribution in [0.4, 0.5) is 0 Å². The largest absolute Gasteiger partial charge is 0.386 e. The molecule has 0 amide bonds. The van der Waals surface area contributed by atoms with E-state index in [0.29, 0.717) is 0 Å². The van der Waals surface area contributed by atoms with Crippen LogP contribution in [0.15, 0.2) is 0 Å². The number of rotatable bonds is 4. The Hall–Kier alpha value is -1.15.